The highest BCUT2D eigenvalue weighted by atomic mass is 35.5. The maximum absolute atomic E-state index is 12.7. The summed E-state index contributed by atoms with van der Waals surface area (Å²) in [6.45, 7) is 0. The van der Waals surface area contributed by atoms with Crippen LogP contribution in [-0.4, -0.2) is 38.2 Å². The van der Waals surface area contributed by atoms with E-state index in [1.807, 2.05) is 0 Å². The molecule has 0 heterocycles. The lowest BCUT2D eigenvalue weighted by molar-refractivity contribution is -0.0937. The van der Waals surface area contributed by atoms with Crippen LogP contribution in [0.5, 0.6) is 0 Å². The molecule has 1 unspecified atom stereocenters. The Bertz CT molecular complexity index is 465. The zero-order valence-electron chi connectivity index (χ0n) is 9.12. The number of allylic oxidation sites excluding steroid dienone is 3. The van der Waals surface area contributed by atoms with Gasteiger partial charge in [0.2, 0.25) is 10.0 Å². The maximum Gasteiger partial charge on any atom is 0.414 e. The van der Waals surface area contributed by atoms with Crippen molar-refractivity contribution in [3.05, 3.63) is 22.8 Å². The van der Waals surface area contributed by atoms with Crippen LogP contribution in [0.3, 0.4) is 0 Å². The zero-order chi connectivity index (χ0) is 13.4. The molecule has 8 heteroatoms. The van der Waals surface area contributed by atoms with Crippen LogP contribution in [0.25, 0.3) is 0 Å². The van der Waals surface area contributed by atoms with Gasteiger partial charge in [0, 0.05) is 19.1 Å². The van der Waals surface area contributed by atoms with Crippen LogP contribution in [0, 0.1) is 0 Å². The first-order valence-electron chi connectivity index (χ1n) is 4.62. The van der Waals surface area contributed by atoms with E-state index in [0.717, 1.165) is 4.31 Å². The van der Waals surface area contributed by atoms with Gasteiger partial charge < -0.3 is 0 Å². The van der Waals surface area contributed by atoms with E-state index in [0.29, 0.717) is 6.08 Å². The summed E-state index contributed by atoms with van der Waals surface area (Å²) in [5, 5.41) is -1.72. The molecule has 1 atom stereocenters. The molecule has 0 saturated carbocycles. The standard InChI is InChI=1S/C9H11ClF3NO2S/c1-14(2)17(15,16)8-4-3-6(10)5-7(8)9(11,12)13/h3,5,8H,4H2,1-2H3. The van der Waals surface area contributed by atoms with E-state index in [1.165, 1.54) is 20.2 Å². The smallest absolute Gasteiger partial charge is 0.212 e. The van der Waals surface area contributed by atoms with E-state index in [-0.39, 0.29) is 11.5 Å². The Hall–Kier alpha value is -0.530. The second kappa shape index (κ2) is 4.62. The summed E-state index contributed by atoms with van der Waals surface area (Å²) in [6.07, 6.45) is -3.05. The van der Waals surface area contributed by atoms with Gasteiger partial charge in [0.1, 0.15) is 5.25 Å². The normalized spacial score (nSPS) is 22.4. The highest BCUT2D eigenvalue weighted by Gasteiger charge is 2.45. The fourth-order valence-corrected chi connectivity index (χ4v) is 3.03. The van der Waals surface area contributed by atoms with Gasteiger partial charge in [-0.2, -0.15) is 13.2 Å². The Labute approximate surface area is 103 Å². The summed E-state index contributed by atoms with van der Waals surface area (Å²) in [4.78, 5) is 0. The summed E-state index contributed by atoms with van der Waals surface area (Å²) < 4.78 is 62.5. The van der Waals surface area contributed by atoms with Crippen LogP contribution in [-0.2, 0) is 10.0 Å². The summed E-state index contributed by atoms with van der Waals surface area (Å²) in [7, 11) is -1.62. The molecule has 1 rings (SSSR count). The lowest BCUT2D eigenvalue weighted by Crippen LogP contribution is -2.39. The quantitative estimate of drug-likeness (QED) is 0.782. The number of halogens is 4. The molecule has 3 nitrogen and oxygen atoms in total. The Morgan fingerprint density at radius 3 is 2.35 bits per heavy atom. The highest BCUT2D eigenvalue weighted by molar-refractivity contribution is 7.89. The minimum atomic E-state index is -4.71. The van der Waals surface area contributed by atoms with E-state index < -0.39 is 27.0 Å². The summed E-state index contributed by atoms with van der Waals surface area (Å²) in [5.41, 5.74) is -1.13. The topological polar surface area (TPSA) is 37.4 Å². The lowest BCUT2D eigenvalue weighted by atomic mass is 10.0. The van der Waals surface area contributed by atoms with Gasteiger partial charge in [-0.15, -0.1) is 0 Å². The Morgan fingerprint density at radius 2 is 1.94 bits per heavy atom. The molecule has 17 heavy (non-hydrogen) atoms. The Balaban J connectivity index is 3.25. The first-order valence-corrected chi connectivity index (χ1v) is 6.50. The van der Waals surface area contributed by atoms with Crippen LogP contribution in [0.2, 0.25) is 0 Å². The molecule has 0 radical (unpaired) electrons. The van der Waals surface area contributed by atoms with Crippen LogP contribution in [0.1, 0.15) is 6.42 Å². The Kier molecular flexibility index (Phi) is 3.95. The summed E-state index contributed by atoms with van der Waals surface area (Å²) in [6, 6.07) is 0. The van der Waals surface area contributed by atoms with Crippen LogP contribution in [0.15, 0.2) is 22.8 Å². The van der Waals surface area contributed by atoms with E-state index in [1.54, 1.807) is 0 Å². The van der Waals surface area contributed by atoms with Gasteiger partial charge in [0.05, 0.1) is 5.57 Å². The number of rotatable bonds is 2. The third kappa shape index (κ3) is 3.02. The molecular weight excluding hydrogens is 279 g/mol. The zero-order valence-corrected chi connectivity index (χ0v) is 10.7. The van der Waals surface area contributed by atoms with E-state index >= 15 is 0 Å². The minimum absolute atomic E-state index is 0.0949. The number of hydrogen-bond donors (Lipinski definition) is 0. The van der Waals surface area contributed by atoms with Crippen molar-refractivity contribution in [2.75, 3.05) is 14.1 Å². The van der Waals surface area contributed by atoms with Crippen molar-refractivity contribution in [2.45, 2.75) is 17.8 Å². The molecule has 0 saturated heterocycles. The molecule has 1 aliphatic rings. The van der Waals surface area contributed by atoms with Crippen LogP contribution in [0.4, 0.5) is 13.2 Å². The molecule has 0 aromatic carbocycles. The largest absolute Gasteiger partial charge is 0.414 e. The third-order valence-corrected chi connectivity index (χ3v) is 4.81. The molecule has 0 aromatic rings. The molecule has 0 bridgehead atoms. The van der Waals surface area contributed by atoms with E-state index in [4.69, 9.17) is 11.6 Å². The average Bonchev–Trinajstić information content (AvgIpc) is 2.15. The Morgan fingerprint density at radius 1 is 1.41 bits per heavy atom. The van der Waals surface area contributed by atoms with Gasteiger partial charge in [-0.25, -0.2) is 12.7 Å². The molecule has 0 spiro atoms. The van der Waals surface area contributed by atoms with Crippen molar-refractivity contribution in [1.82, 2.24) is 4.31 Å². The lowest BCUT2D eigenvalue weighted by Gasteiger charge is -2.26. The van der Waals surface area contributed by atoms with Crippen molar-refractivity contribution in [3.63, 3.8) is 0 Å². The molecule has 0 aliphatic heterocycles. The number of hydrogen-bond acceptors (Lipinski definition) is 2. The van der Waals surface area contributed by atoms with Crippen LogP contribution < -0.4 is 0 Å². The molecule has 0 N–H and O–H groups in total. The average molecular weight is 290 g/mol. The van der Waals surface area contributed by atoms with Gasteiger partial charge in [-0.3, -0.25) is 0 Å². The van der Waals surface area contributed by atoms with Gasteiger partial charge in [-0.1, -0.05) is 17.7 Å². The molecular formula is C9H11ClF3NO2S. The molecule has 98 valence electrons. The predicted octanol–water partition coefficient (Wildman–Crippen LogP) is 2.26. The maximum atomic E-state index is 12.7. The van der Waals surface area contributed by atoms with Crippen LogP contribution >= 0.6 is 11.6 Å². The van der Waals surface area contributed by atoms with Gasteiger partial charge >= 0.3 is 6.18 Å². The fraction of sp³-hybridized carbons (Fsp3) is 0.556. The molecule has 1 aliphatic carbocycles. The summed E-state index contributed by atoms with van der Waals surface area (Å²) in [5.74, 6) is 0. The van der Waals surface area contributed by atoms with Gasteiger partial charge in [0.15, 0.2) is 0 Å². The minimum Gasteiger partial charge on any atom is -0.212 e. The van der Waals surface area contributed by atoms with Crippen molar-refractivity contribution in [3.8, 4) is 0 Å². The first-order chi connectivity index (χ1) is 7.56. The SMILES string of the molecule is CN(C)S(=O)(=O)C1CC=C(Cl)C=C1C(F)(F)F. The number of alkyl halides is 3. The monoisotopic (exact) mass is 289 g/mol. The second-order valence-corrected chi connectivity index (χ2v) is 6.50. The number of nitrogens with zero attached hydrogens (tertiary/aromatic N) is 1. The van der Waals surface area contributed by atoms with Gasteiger partial charge in [-0.05, 0) is 12.5 Å². The molecule has 0 fully saturated rings. The first kappa shape index (κ1) is 14.5. The fourth-order valence-electron chi connectivity index (χ4n) is 1.45. The van der Waals surface area contributed by atoms with Crippen molar-refractivity contribution >= 4 is 21.6 Å². The van der Waals surface area contributed by atoms with Crippen molar-refractivity contribution in [2.24, 2.45) is 0 Å². The predicted molar refractivity (Wildman–Crippen MR) is 59.1 cm³/mol. The highest BCUT2D eigenvalue weighted by Crippen LogP contribution is 2.37. The van der Waals surface area contributed by atoms with Gasteiger partial charge in [0.25, 0.3) is 0 Å². The molecule has 0 aromatic heterocycles. The summed E-state index contributed by atoms with van der Waals surface area (Å²) >= 11 is 5.49. The van der Waals surface area contributed by atoms with E-state index in [9.17, 15) is 21.6 Å². The third-order valence-electron chi connectivity index (χ3n) is 2.36. The van der Waals surface area contributed by atoms with Crippen molar-refractivity contribution < 1.29 is 21.6 Å². The number of sulfonamides is 1. The van der Waals surface area contributed by atoms with E-state index in [2.05, 4.69) is 0 Å². The molecule has 0 amide bonds. The second-order valence-electron chi connectivity index (χ2n) is 3.74. The van der Waals surface area contributed by atoms with Crippen molar-refractivity contribution in [1.29, 1.82) is 0 Å².